The van der Waals surface area contributed by atoms with Crippen LogP contribution >= 0.6 is 0 Å². The molecule has 5 rings (SSSR count). The number of aldehydes is 1. The summed E-state index contributed by atoms with van der Waals surface area (Å²) in [5.74, 6) is -1.93. The number of allylic oxidation sites excluding steroid dienone is 1. The molecular weight excluding hydrogens is 456 g/mol. The zero-order chi connectivity index (χ0) is 25.7. The summed E-state index contributed by atoms with van der Waals surface area (Å²) in [6, 6.07) is 0. The van der Waals surface area contributed by atoms with Gasteiger partial charge in [-0.15, -0.1) is 0 Å². The number of ether oxygens (including phenoxy) is 2. The van der Waals surface area contributed by atoms with E-state index in [9.17, 15) is 35.1 Å². The van der Waals surface area contributed by atoms with Crippen LogP contribution in [0.4, 0.5) is 0 Å². The number of aliphatic carboxylic acids is 1. The van der Waals surface area contributed by atoms with Gasteiger partial charge in [-0.25, -0.2) is 0 Å². The van der Waals surface area contributed by atoms with Crippen molar-refractivity contribution in [1.29, 1.82) is 0 Å². The number of carboxylic acid groups (broad SMARTS) is 1. The summed E-state index contributed by atoms with van der Waals surface area (Å²) in [5.41, 5.74) is -3.98. The van der Waals surface area contributed by atoms with E-state index in [-0.39, 0.29) is 30.3 Å². The second-order valence-corrected chi connectivity index (χ2v) is 12.3. The monoisotopic (exact) mass is 494 g/mol. The number of carboxylic acids is 1. The maximum absolute atomic E-state index is 13.4. The Morgan fingerprint density at radius 3 is 2.49 bits per heavy atom. The average Bonchev–Trinajstić information content (AvgIpc) is 3.32. The Bertz CT molecular complexity index is 945. The summed E-state index contributed by atoms with van der Waals surface area (Å²) in [4.78, 5) is 26.5. The van der Waals surface area contributed by atoms with Gasteiger partial charge in [-0.3, -0.25) is 4.79 Å². The van der Waals surface area contributed by atoms with Crippen LogP contribution in [-0.2, 0) is 19.1 Å². The molecule has 3 saturated carbocycles. The van der Waals surface area contributed by atoms with Gasteiger partial charge in [0, 0.05) is 5.41 Å². The number of hydrogen-bond donors (Lipinski definition) is 5. The Kier molecular flexibility index (Phi) is 5.65. The molecule has 9 heteroatoms. The normalized spacial score (nSPS) is 54.6. The number of carbonyl (C=O) groups excluding carboxylic acids is 1. The molecule has 5 aliphatic rings. The van der Waals surface area contributed by atoms with Gasteiger partial charge in [0.05, 0.1) is 23.7 Å². The summed E-state index contributed by atoms with van der Waals surface area (Å²) in [5, 5.41) is 53.1. The second-order valence-electron chi connectivity index (χ2n) is 12.3. The summed E-state index contributed by atoms with van der Waals surface area (Å²) < 4.78 is 11.7. The van der Waals surface area contributed by atoms with Crippen molar-refractivity contribution in [2.45, 2.75) is 89.7 Å². The molecule has 0 amide bonds. The summed E-state index contributed by atoms with van der Waals surface area (Å²) in [6.07, 6.45) is -1.62. The van der Waals surface area contributed by atoms with Crippen LogP contribution in [0, 0.1) is 39.9 Å². The molecule has 1 aliphatic heterocycles. The van der Waals surface area contributed by atoms with E-state index in [1.165, 1.54) is 0 Å². The average molecular weight is 495 g/mol. The lowest BCUT2D eigenvalue weighted by molar-refractivity contribution is -0.304. The van der Waals surface area contributed by atoms with Crippen molar-refractivity contribution in [1.82, 2.24) is 0 Å². The van der Waals surface area contributed by atoms with Crippen LogP contribution < -0.4 is 0 Å². The quantitative estimate of drug-likeness (QED) is 0.267. The minimum Gasteiger partial charge on any atom is -0.481 e. The molecule has 9 nitrogen and oxygen atoms in total. The third-order valence-corrected chi connectivity index (χ3v) is 10.5. The number of rotatable bonds is 6. The number of carbonyl (C=O) groups is 2. The highest BCUT2D eigenvalue weighted by Gasteiger charge is 2.85. The Balaban J connectivity index is 1.61. The largest absolute Gasteiger partial charge is 0.481 e. The van der Waals surface area contributed by atoms with E-state index < -0.39 is 58.5 Å². The molecule has 1 saturated heterocycles. The van der Waals surface area contributed by atoms with Crippen molar-refractivity contribution < 1.29 is 44.6 Å². The molecule has 1 heterocycles. The summed E-state index contributed by atoms with van der Waals surface area (Å²) >= 11 is 0. The highest BCUT2D eigenvalue weighted by molar-refractivity contribution is 5.90. The van der Waals surface area contributed by atoms with Gasteiger partial charge in [-0.2, -0.15) is 0 Å². The van der Waals surface area contributed by atoms with Crippen molar-refractivity contribution in [3.05, 3.63) is 11.6 Å². The first-order valence-electron chi connectivity index (χ1n) is 12.8. The number of aliphatic hydroxyl groups excluding tert-OH is 3. The molecule has 0 spiro atoms. The van der Waals surface area contributed by atoms with Crippen molar-refractivity contribution in [2.75, 3.05) is 6.61 Å². The van der Waals surface area contributed by atoms with E-state index >= 15 is 0 Å². The molecule has 0 aromatic rings. The molecule has 4 aliphatic carbocycles. The topological polar surface area (TPSA) is 154 Å². The molecule has 4 fully saturated rings. The van der Waals surface area contributed by atoms with Crippen LogP contribution in [0.25, 0.3) is 0 Å². The molecule has 0 aromatic heterocycles. The Morgan fingerprint density at radius 1 is 1.20 bits per heavy atom. The van der Waals surface area contributed by atoms with E-state index in [0.717, 1.165) is 11.9 Å². The van der Waals surface area contributed by atoms with Gasteiger partial charge in [0.2, 0.25) is 0 Å². The molecule has 4 bridgehead atoms. The Labute approximate surface area is 205 Å². The summed E-state index contributed by atoms with van der Waals surface area (Å²) in [7, 11) is 0. The fourth-order valence-electron chi connectivity index (χ4n) is 8.98. The van der Waals surface area contributed by atoms with Gasteiger partial charge in [0.15, 0.2) is 6.29 Å². The molecule has 12 atom stereocenters. The SMILES string of the molecule is CC(C)C1=C[C@H]2C[C@]3(C=O)[C@@H]4CC[C@](C)(O)[C@H]4C[C@@]2(CO[C@@H]2O[C@H](C)[C@H](O)[C@@H](O)[C@H]2O)[C@]13C(=O)O. The molecule has 0 aromatic carbocycles. The molecule has 0 radical (unpaired) electrons. The van der Waals surface area contributed by atoms with Crippen molar-refractivity contribution in [3.8, 4) is 0 Å². The molecule has 196 valence electrons. The maximum atomic E-state index is 13.4. The third kappa shape index (κ3) is 2.85. The lowest BCUT2D eigenvalue weighted by Crippen LogP contribution is -2.65. The molecule has 35 heavy (non-hydrogen) atoms. The minimum absolute atomic E-state index is 0.109. The van der Waals surface area contributed by atoms with Gasteiger partial charge in [0.25, 0.3) is 0 Å². The van der Waals surface area contributed by atoms with E-state index in [1.54, 1.807) is 13.8 Å². The smallest absolute Gasteiger partial charge is 0.315 e. The van der Waals surface area contributed by atoms with Gasteiger partial charge in [-0.05, 0) is 63.2 Å². The fourth-order valence-corrected chi connectivity index (χ4v) is 8.98. The molecular formula is C26H38O9. The zero-order valence-electron chi connectivity index (χ0n) is 20.8. The first-order valence-corrected chi connectivity index (χ1v) is 12.8. The number of hydrogen-bond acceptors (Lipinski definition) is 8. The van der Waals surface area contributed by atoms with Gasteiger partial charge < -0.3 is 39.8 Å². The molecule has 0 unspecified atom stereocenters. The summed E-state index contributed by atoms with van der Waals surface area (Å²) in [6.45, 7) is 7.09. The Morgan fingerprint density at radius 2 is 1.89 bits per heavy atom. The predicted octanol–water partition coefficient (Wildman–Crippen LogP) is 0.870. The van der Waals surface area contributed by atoms with Crippen LogP contribution in [0.1, 0.15) is 53.4 Å². The van der Waals surface area contributed by atoms with Crippen molar-refractivity contribution in [3.63, 3.8) is 0 Å². The van der Waals surface area contributed by atoms with Crippen LogP contribution in [0.2, 0.25) is 0 Å². The van der Waals surface area contributed by atoms with E-state index in [0.29, 0.717) is 25.7 Å². The van der Waals surface area contributed by atoms with Gasteiger partial charge in [0.1, 0.15) is 30.0 Å². The number of aliphatic hydroxyl groups is 4. The first-order chi connectivity index (χ1) is 16.3. The zero-order valence-corrected chi connectivity index (χ0v) is 20.8. The van der Waals surface area contributed by atoms with Gasteiger partial charge in [-0.1, -0.05) is 25.5 Å². The van der Waals surface area contributed by atoms with Crippen LogP contribution in [0.3, 0.4) is 0 Å². The van der Waals surface area contributed by atoms with Crippen LogP contribution in [0.15, 0.2) is 11.6 Å². The fraction of sp³-hybridized carbons (Fsp3) is 0.846. The van der Waals surface area contributed by atoms with Crippen molar-refractivity contribution in [2.24, 2.45) is 39.9 Å². The third-order valence-electron chi connectivity index (χ3n) is 10.5. The lowest BCUT2D eigenvalue weighted by Gasteiger charge is -2.59. The highest BCUT2D eigenvalue weighted by Crippen LogP contribution is 2.82. The molecule has 5 N–H and O–H groups in total. The first kappa shape index (κ1) is 25.3. The standard InChI is InChI=1S/C26H38O9/c1-12(2)16-7-14-8-24(10-27)15-5-6-23(4,33)17(15)9-25(14,26(16,24)22(31)32)11-34-21-20(30)19(29)18(28)13(3)35-21/h7,10,12-15,17-21,28-30,33H,5-6,8-9,11H2,1-4H3,(H,31,32)/t13-,14+,15-,17+,18+,19-,20-,21-,23+,24+,25+,26+/m1/s1. The number of fused-ring (bicyclic) bond motifs is 2. The van der Waals surface area contributed by atoms with Crippen LogP contribution in [-0.4, -0.2) is 80.7 Å². The van der Waals surface area contributed by atoms with Crippen LogP contribution in [0.5, 0.6) is 0 Å². The highest BCUT2D eigenvalue weighted by atomic mass is 16.7. The van der Waals surface area contributed by atoms with E-state index in [4.69, 9.17) is 9.47 Å². The Hall–Kier alpha value is -1.36. The van der Waals surface area contributed by atoms with E-state index in [1.807, 2.05) is 19.9 Å². The van der Waals surface area contributed by atoms with E-state index in [2.05, 4.69) is 0 Å². The lowest BCUT2D eigenvalue weighted by atomic mass is 9.42. The van der Waals surface area contributed by atoms with Gasteiger partial charge >= 0.3 is 5.97 Å². The minimum atomic E-state index is -1.52. The second kappa shape index (κ2) is 7.82. The van der Waals surface area contributed by atoms with Crippen molar-refractivity contribution >= 4 is 12.3 Å². The predicted molar refractivity (Wildman–Crippen MR) is 122 cm³/mol. The maximum Gasteiger partial charge on any atom is 0.315 e.